The fourth-order valence-corrected chi connectivity index (χ4v) is 5.24. The molecule has 0 aliphatic rings. The fourth-order valence-electron chi connectivity index (χ4n) is 1.72. The van der Waals surface area contributed by atoms with Gasteiger partial charge in [-0.2, -0.15) is 11.5 Å². The van der Waals surface area contributed by atoms with Gasteiger partial charge in [-0.25, -0.2) is 0 Å². The second kappa shape index (κ2) is 39.3. The first kappa shape index (κ1) is 55.2. The Kier molecular flexibility index (Phi) is 49.3. The van der Waals surface area contributed by atoms with Crippen molar-refractivity contribution >= 4 is 97.0 Å². The van der Waals surface area contributed by atoms with Gasteiger partial charge in [0.2, 0.25) is 0 Å². The fraction of sp³-hybridized carbons (Fsp3) is 0.538. The molecule has 8 nitrogen and oxygen atoms in total. The molecule has 256 valence electrons. The van der Waals surface area contributed by atoms with Crippen LogP contribution in [0.25, 0.3) is 6.62 Å². The molecule has 0 aromatic heterocycles. The Hall–Kier alpha value is 1.83. The molecule has 0 aliphatic heterocycles. The van der Waals surface area contributed by atoms with E-state index in [1.54, 1.807) is 45.8 Å². The summed E-state index contributed by atoms with van der Waals surface area (Å²) in [7, 11) is 0. The van der Waals surface area contributed by atoms with Crippen molar-refractivity contribution in [3.05, 3.63) is 66.3 Å². The van der Waals surface area contributed by atoms with E-state index in [1.165, 1.54) is 18.1 Å². The molecule has 2 aromatic carbocycles. The van der Waals surface area contributed by atoms with Crippen LogP contribution in [0.3, 0.4) is 0 Å². The van der Waals surface area contributed by atoms with Gasteiger partial charge < -0.3 is 81.6 Å². The average Bonchev–Trinajstić information content (AvgIpc) is 2.91. The van der Waals surface area contributed by atoms with Crippen LogP contribution in [-0.2, 0) is 126 Å². The second-order valence-corrected chi connectivity index (χ2v) is 19.0. The Morgan fingerprint density at radius 2 is 1.05 bits per heavy atom. The molecule has 0 radical (unpaired) electrons. The number of rotatable bonds is 6. The molecule has 0 amide bonds. The van der Waals surface area contributed by atoms with Crippen molar-refractivity contribution in [3.63, 3.8) is 0 Å². The van der Waals surface area contributed by atoms with Gasteiger partial charge in [-0.3, -0.25) is 9.05 Å². The van der Waals surface area contributed by atoms with Crippen LogP contribution < -0.4 is 4.89 Å². The number of hydrogen-bond acceptors (Lipinski definition) is 12. The van der Waals surface area contributed by atoms with E-state index in [4.69, 9.17) is 43.8 Å². The molecule has 0 saturated carbocycles. The first-order valence-corrected chi connectivity index (χ1v) is 23.2. The van der Waals surface area contributed by atoms with Crippen molar-refractivity contribution in [1.29, 1.82) is 0 Å². The van der Waals surface area contributed by atoms with Gasteiger partial charge in [-0.15, -0.1) is 17.5 Å². The van der Waals surface area contributed by atoms with E-state index < -0.39 is 18.1 Å². The van der Waals surface area contributed by atoms with Gasteiger partial charge in [0.1, 0.15) is 6.29 Å². The molecule has 2 aromatic rings. The van der Waals surface area contributed by atoms with Gasteiger partial charge in [-0.1, -0.05) is 13.8 Å². The third-order valence-corrected chi connectivity index (χ3v) is 7.80. The van der Waals surface area contributed by atoms with Crippen molar-refractivity contribution in [3.8, 4) is 0 Å². The first-order valence-electron chi connectivity index (χ1n) is 13.0. The summed E-state index contributed by atoms with van der Waals surface area (Å²) in [5.41, 5.74) is 1.66. The quantitative estimate of drug-likeness (QED) is 0.131. The van der Waals surface area contributed by atoms with Crippen LogP contribution in [0.1, 0.15) is 52.7 Å². The van der Waals surface area contributed by atoms with Crippen LogP contribution in [0.4, 0.5) is 11.4 Å². The summed E-state index contributed by atoms with van der Waals surface area (Å²) in [6.07, 6.45) is -3.44. The molecular weight excluding hydrogens is 883 g/mol. The monoisotopic (exact) mass is 931 g/mol. The number of aryl methyl sites for hydroxylation is 2. The topological polar surface area (TPSA) is 99.9 Å². The molecular formula is C26H45Mo2N2O6P2S6-3. The summed E-state index contributed by atoms with van der Waals surface area (Å²) in [5, 5.41) is 15.2. The van der Waals surface area contributed by atoms with Gasteiger partial charge in [0.25, 0.3) is 0 Å². The molecule has 0 spiro atoms. The maximum atomic E-state index is 10.2. The zero-order valence-electron chi connectivity index (χ0n) is 26.3. The standard InChI is InChI=1S/2C7H7N.C4H11O2PS2.C2H7O2PS2.C2H6O2.2C2H6S.2Mo/c2*1-6-2-4-7(8)5-3-6;1-3-5-7(8,9)6-4-2;1-2-4-5(3,6)7;1-2(3)4;2*1-2-3;;/h2*2-5H,1H3;3-4H2,1-2H3,(H,8,9);2H2,1H3,(H2,3,6,7);2-4H,1H3;2*3H,2H2,1H3;;/q2*+1;;;;;;;/p-5. The molecule has 1 unspecified atom stereocenters. The molecule has 0 saturated heterocycles. The van der Waals surface area contributed by atoms with E-state index in [0.29, 0.717) is 19.8 Å². The van der Waals surface area contributed by atoms with Gasteiger partial charge in [0.15, 0.2) is 0 Å². The van der Waals surface area contributed by atoms with Crippen molar-refractivity contribution < 1.29 is 67.6 Å². The summed E-state index contributed by atoms with van der Waals surface area (Å²) < 4.78 is 22.4. The van der Waals surface area contributed by atoms with Gasteiger partial charge in [-0.05, 0) is 27.7 Å². The Morgan fingerprint density at radius 1 is 0.795 bits per heavy atom. The van der Waals surface area contributed by atoms with E-state index in [1.807, 2.05) is 52.0 Å². The van der Waals surface area contributed by atoms with E-state index in [2.05, 4.69) is 98.6 Å². The Balaban J connectivity index is -0.000000140. The molecule has 0 bridgehead atoms. The van der Waals surface area contributed by atoms with Crippen molar-refractivity contribution in [2.45, 2.75) is 61.7 Å². The van der Waals surface area contributed by atoms with Gasteiger partial charge in [0, 0.05) is 12.7 Å². The number of aliphatic hydroxyl groups is 2. The average molecular weight is 928 g/mol. The molecule has 18 heteroatoms. The van der Waals surface area contributed by atoms with E-state index in [9.17, 15) is 4.89 Å². The van der Waals surface area contributed by atoms with E-state index in [0.717, 1.165) is 22.9 Å². The number of benzene rings is 2. The maximum absolute atomic E-state index is 10.2. The summed E-state index contributed by atoms with van der Waals surface area (Å²) >= 11 is 30.4. The van der Waals surface area contributed by atoms with Crippen molar-refractivity contribution in [2.75, 3.05) is 31.3 Å². The zero-order chi connectivity index (χ0) is 35.6. The van der Waals surface area contributed by atoms with Crippen LogP contribution in [0.2, 0.25) is 0 Å². The number of aliphatic hydroxyl groups excluding tert-OH is 1. The molecule has 0 heterocycles. The summed E-state index contributed by atoms with van der Waals surface area (Å²) in [5.74, 6) is 1.67. The predicted octanol–water partition coefficient (Wildman–Crippen LogP) is 7.33. The Bertz CT molecular complexity index is 959. The molecule has 0 aliphatic carbocycles. The molecule has 44 heavy (non-hydrogen) atoms. The van der Waals surface area contributed by atoms with Crippen LogP contribution in [0.15, 0.2) is 48.5 Å². The second-order valence-electron chi connectivity index (χ2n) is 7.21. The SMILES string of the molecule is CC(O)O.CCOP([O-])(=S)[S-].CCO[P+]([S-])([S-])OCC.CC[S-].CC[S-].Cc1ccc([N+]#[Mo])cc1.Cc1ccc([N+]#[Mo])cc1. The predicted molar refractivity (Wildman–Crippen MR) is 196 cm³/mol. The number of nitrogens with zero attached hydrogens (tertiary/aromatic N) is 2. The van der Waals surface area contributed by atoms with Crippen LogP contribution in [-0.4, -0.2) is 47.8 Å². The first-order chi connectivity index (χ1) is 20.4. The van der Waals surface area contributed by atoms with Crippen molar-refractivity contribution in [2.24, 2.45) is 0 Å². The van der Waals surface area contributed by atoms with Crippen LogP contribution >= 0.6 is 11.8 Å². The third-order valence-electron chi connectivity index (χ3n) is 3.14. The molecule has 1 atom stereocenters. The molecule has 0 fully saturated rings. The zero-order valence-corrected chi connectivity index (χ0v) is 37.0. The van der Waals surface area contributed by atoms with Gasteiger partial charge in [0.05, 0.1) is 13.2 Å². The Labute approximate surface area is 320 Å². The third kappa shape index (κ3) is 56.2. The van der Waals surface area contributed by atoms with E-state index in [-0.39, 0.29) is 0 Å². The minimum atomic E-state index is -3.00. The normalized spacial score (nSPS) is 10.5. The molecule has 2 N–H and O–H groups in total. The van der Waals surface area contributed by atoms with Gasteiger partial charge >= 0.3 is 130 Å². The molecule has 2 rings (SSSR count). The number of hydrogen-bond donors (Lipinski definition) is 2. The summed E-state index contributed by atoms with van der Waals surface area (Å²) in [6.45, 7) is 16.1. The minimum absolute atomic E-state index is 0.338. The summed E-state index contributed by atoms with van der Waals surface area (Å²) in [6, 6.07) is 16.3. The van der Waals surface area contributed by atoms with Crippen molar-refractivity contribution in [1.82, 2.24) is 0 Å². The summed E-state index contributed by atoms with van der Waals surface area (Å²) in [4.78, 5) is 10.2. The Morgan fingerprint density at radius 3 is 1.18 bits per heavy atom. The van der Waals surface area contributed by atoms with E-state index >= 15 is 0 Å². The van der Waals surface area contributed by atoms with Crippen LogP contribution in [0.5, 0.6) is 0 Å². The van der Waals surface area contributed by atoms with Crippen LogP contribution in [0, 0.1) is 13.8 Å².